The normalized spacial score (nSPS) is 25.4. The number of fused-ring (bicyclic) bond motifs is 1. The van der Waals surface area contributed by atoms with Crippen LogP contribution in [0.3, 0.4) is 0 Å². The van der Waals surface area contributed by atoms with Gasteiger partial charge in [0.1, 0.15) is 5.75 Å². The minimum atomic E-state index is -0.0409. The van der Waals surface area contributed by atoms with Crippen LogP contribution >= 0.6 is 0 Å². The standard InChI is InChI=1S/C16H23N3O2/c1-21-15-5-4-11(9-14(15)17)16(20)18-12-6-8-19-7-2-3-13(19)10-12/h4-5,9,12-13H,2-3,6-8,10,17H2,1H3,(H,18,20). The Kier molecular flexibility index (Phi) is 4.01. The summed E-state index contributed by atoms with van der Waals surface area (Å²) in [5.41, 5.74) is 6.96. The molecule has 0 bridgehead atoms. The second-order valence-corrected chi connectivity index (χ2v) is 5.98. The maximum absolute atomic E-state index is 12.3. The number of hydrogen-bond acceptors (Lipinski definition) is 4. The largest absolute Gasteiger partial charge is 0.495 e. The number of nitrogens with zero attached hydrogens (tertiary/aromatic N) is 1. The maximum Gasteiger partial charge on any atom is 0.251 e. The number of benzene rings is 1. The molecule has 0 radical (unpaired) electrons. The van der Waals surface area contributed by atoms with E-state index in [9.17, 15) is 4.79 Å². The van der Waals surface area contributed by atoms with E-state index in [4.69, 9.17) is 10.5 Å². The highest BCUT2D eigenvalue weighted by molar-refractivity contribution is 5.95. The molecule has 1 amide bonds. The van der Waals surface area contributed by atoms with Crippen LogP contribution in [-0.2, 0) is 0 Å². The molecule has 21 heavy (non-hydrogen) atoms. The summed E-state index contributed by atoms with van der Waals surface area (Å²) in [6, 6.07) is 6.11. The highest BCUT2D eigenvalue weighted by atomic mass is 16.5. The molecule has 2 fully saturated rings. The number of ether oxygens (including phenoxy) is 1. The maximum atomic E-state index is 12.3. The molecule has 1 aromatic carbocycles. The fraction of sp³-hybridized carbons (Fsp3) is 0.562. The van der Waals surface area contributed by atoms with Crippen molar-refractivity contribution in [2.75, 3.05) is 25.9 Å². The molecule has 1 aromatic rings. The van der Waals surface area contributed by atoms with E-state index in [0.29, 0.717) is 23.0 Å². The molecular formula is C16H23N3O2. The van der Waals surface area contributed by atoms with Crippen molar-refractivity contribution in [3.63, 3.8) is 0 Å². The van der Waals surface area contributed by atoms with Crippen molar-refractivity contribution in [2.24, 2.45) is 0 Å². The van der Waals surface area contributed by atoms with Crippen molar-refractivity contribution in [3.8, 4) is 5.75 Å². The first-order valence-electron chi connectivity index (χ1n) is 7.66. The van der Waals surface area contributed by atoms with E-state index in [0.717, 1.165) is 19.4 Å². The SMILES string of the molecule is COc1ccc(C(=O)NC2CCN3CCCC3C2)cc1N. The molecule has 0 aliphatic carbocycles. The van der Waals surface area contributed by atoms with Gasteiger partial charge in [-0.15, -0.1) is 0 Å². The molecule has 5 heteroatoms. The third-order valence-corrected chi connectivity index (χ3v) is 4.65. The smallest absolute Gasteiger partial charge is 0.251 e. The average molecular weight is 289 g/mol. The van der Waals surface area contributed by atoms with E-state index < -0.39 is 0 Å². The van der Waals surface area contributed by atoms with Gasteiger partial charge in [-0.25, -0.2) is 0 Å². The molecule has 3 N–H and O–H groups in total. The van der Waals surface area contributed by atoms with Gasteiger partial charge in [-0.05, 0) is 50.4 Å². The molecule has 2 aliphatic rings. The molecule has 3 rings (SSSR count). The number of rotatable bonds is 3. The number of piperidine rings is 1. The summed E-state index contributed by atoms with van der Waals surface area (Å²) >= 11 is 0. The number of carbonyl (C=O) groups is 1. The number of nitrogen functional groups attached to an aromatic ring is 1. The lowest BCUT2D eigenvalue weighted by molar-refractivity contribution is 0.0896. The Morgan fingerprint density at radius 3 is 3.00 bits per heavy atom. The van der Waals surface area contributed by atoms with Crippen molar-refractivity contribution in [2.45, 2.75) is 37.8 Å². The predicted molar refractivity (Wildman–Crippen MR) is 82.5 cm³/mol. The first kappa shape index (κ1) is 14.2. The summed E-state index contributed by atoms with van der Waals surface area (Å²) in [6.45, 7) is 2.32. The third kappa shape index (κ3) is 2.97. The molecule has 2 unspecified atom stereocenters. The van der Waals surface area contributed by atoms with Crippen LogP contribution in [0, 0.1) is 0 Å². The first-order chi connectivity index (χ1) is 10.2. The highest BCUT2D eigenvalue weighted by Crippen LogP contribution is 2.27. The molecule has 0 saturated carbocycles. The van der Waals surface area contributed by atoms with Gasteiger partial charge in [0.15, 0.2) is 0 Å². The first-order valence-corrected chi connectivity index (χ1v) is 7.66. The zero-order valence-electron chi connectivity index (χ0n) is 12.5. The second kappa shape index (κ2) is 5.93. The minimum absolute atomic E-state index is 0.0409. The van der Waals surface area contributed by atoms with Crippen molar-refractivity contribution in [1.82, 2.24) is 10.2 Å². The number of nitrogens with two attached hydrogens (primary N) is 1. The van der Waals surface area contributed by atoms with Gasteiger partial charge in [-0.3, -0.25) is 4.79 Å². The van der Waals surface area contributed by atoms with Crippen LogP contribution in [0.15, 0.2) is 18.2 Å². The summed E-state index contributed by atoms with van der Waals surface area (Å²) in [5, 5.41) is 3.15. The molecule has 2 saturated heterocycles. The van der Waals surface area contributed by atoms with Crippen LogP contribution in [0.1, 0.15) is 36.0 Å². The van der Waals surface area contributed by atoms with E-state index >= 15 is 0 Å². The Balaban J connectivity index is 1.62. The lowest BCUT2D eigenvalue weighted by Gasteiger charge is -2.35. The van der Waals surface area contributed by atoms with Gasteiger partial charge in [0.25, 0.3) is 5.91 Å². The van der Waals surface area contributed by atoms with E-state index in [2.05, 4.69) is 10.2 Å². The van der Waals surface area contributed by atoms with Crippen LogP contribution < -0.4 is 15.8 Å². The number of methoxy groups -OCH3 is 1. The van der Waals surface area contributed by atoms with Crippen LogP contribution in [0.4, 0.5) is 5.69 Å². The zero-order valence-corrected chi connectivity index (χ0v) is 12.5. The fourth-order valence-corrected chi connectivity index (χ4v) is 3.50. The summed E-state index contributed by atoms with van der Waals surface area (Å²) < 4.78 is 5.11. The molecule has 114 valence electrons. The molecule has 5 nitrogen and oxygen atoms in total. The Hall–Kier alpha value is -1.75. The average Bonchev–Trinajstić information content (AvgIpc) is 2.94. The number of amides is 1. The third-order valence-electron chi connectivity index (χ3n) is 4.65. The van der Waals surface area contributed by atoms with Crippen molar-refractivity contribution in [3.05, 3.63) is 23.8 Å². The molecule has 2 aliphatic heterocycles. The number of carbonyl (C=O) groups excluding carboxylic acids is 1. The molecule has 0 aromatic heterocycles. The van der Waals surface area contributed by atoms with Crippen LogP contribution in [0.25, 0.3) is 0 Å². The van der Waals surface area contributed by atoms with Gasteiger partial charge in [0.05, 0.1) is 12.8 Å². The van der Waals surface area contributed by atoms with Gasteiger partial charge in [0.2, 0.25) is 0 Å². The Morgan fingerprint density at radius 1 is 1.38 bits per heavy atom. The Labute approximate surface area is 125 Å². The van der Waals surface area contributed by atoms with Gasteiger partial charge in [-0.2, -0.15) is 0 Å². The molecule has 2 atom stereocenters. The predicted octanol–water partition coefficient (Wildman–Crippen LogP) is 1.63. The summed E-state index contributed by atoms with van der Waals surface area (Å²) in [4.78, 5) is 14.9. The van der Waals surface area contributed by atoms with Crippen molar-refractivity contribution < 1.29 is 9.53 Å². The van der Waals surface area contributed by atoms with Gasteiger partial charge >= 0.3 is 0 Å². The summed E-state index contributed by atoms with van der Waals surface area (Å²) in [7, 11) is 1.57. The topological polar surface area (TPSA) is 67.6 Å². The second-order valence-electron chi connectivity index (χ2n) is 5.98. The molecular weight excluding hydrogens is 266 g/mol. The monoisotopic (exact) mass is 289 g/mol. The lowest BCUT2D eigenvalue weighted by Crippen LogP contribution is -2.47. The number of anilines is 1. The number of nitrogens with one attached hydrogen (secondary N) is 1. The van der Waals surface area contributed by atoms with Crippen LogP contribution in [0.5, 0.6) is 5.75 Å². The Bertz CT molecular complexity index is 532. The highest BCUT2D eigenvalue weighted by Gasteiger charge is 2.32. The van der Waals surface area contributed by atoms with Crippen molar-refractivity contribution in [1.29, 1.82) is 0 Å². The van der Waals surface area contributed by atoms with E-state index in [-0.39, 0.29) is 11.9 Å². The summed E-state index contributed by atoms with van der Waals surface area (Å²) in [6.07, 6.45) is 4.66. The lowest BCUT2D eigenvalue weighted by atomic mass is 9.97. The van der Waals surface area contributed by atoms with E-state index in [1.54, 1.807) is 25.3 Å². The zero-order chi connectivity index (χ0) is 14.8. The molecule has 0 spiro atoms. The summed E-state index contributed by atoms with van der Waals surface area (Å²) in [5.74, 6) is 0.562. The van der Waals surface area contributed by atoms with E-state index in [1.807, 2.05) is 0 Å². The van der Waals surface area contributed by atoms with Crippen LogP contribution in [-0.4, -0.2) is 43.1 Å². The fourth-order valence-electron chi connectivity index (χ4n) is 3.50. The van der Waals surface area contributed by atoms with Crippen molar-refractivity contribution >= 4 is 11.6 Å². The van der Waals surface area contributed by atoms with Gasteiger partial charge in [0, 0.05) is 24.2 Å². The number of hydrogen-bond donors (Lipinski definition) is 2. The quantitative estimate of drug-likeness (QED) is 0.830. The van der Waals surface area contributed by atoms with Gasteiger partial charge < -0.3 is 20.7 Å². The van der Waals surface area contributed by atoms with E-state index in [1.165, 1.54) is 19.4 Å². The molecule has 2 heterocycles. The Morgan fingerprint density at radius 2 is 2.24 bits per heavy atom. The van der Waals surface area contributed by atoms with Crippen LogP contribution in [0.2, 0.25) is 0 Å². The minimum Gasteiger partial charge on any atom is -0.495 e. The van der Waals surface area contributed by atoms with Gasteiger partial charge in [-0.1, -0.05) is 0 Å².